The van der Waals surface area contributed by atoms with Gasteiger partial charge >= 0.3 is 0 Å². The van der Waals surface area contributed by atoms with E-state index < -0.39 is 0 Å². The monoisotopic (exact) mass is 199 g/mol. The quantitative estimate of drug-likeness (QED) is 0.651. The number of hydrogen-bond donors (Lipinski definition) is 2. The maximum absolute atomic E-state index is 11.6. The Kier molecular flexibility index (Phi) is 4.90. The van der Waals surface area contributed by atoms with Crippen molar-refractivity contribution in [2.24, 2.45) is 5.92 Å². The molecule has 0 aromatic carbocycles. The fourth-order valence-corrected chi connectivity index (χ4v) is 1.62. The number of nitrogens with one attached hydrogen (secondary N) is 2. The van der Waals surface area contributed by atoms with Crippen LogP contribution in [0.2, 0.25) is 0 Å². The first-order valence-electron chi connectivity index (χ1n) is 5.33. The van der Waals surface area contributed by atoms with E-state index in [1.807, 2.05) is 14.1 Å². The highest BCUT2D eigenvalue weighted by Gasteiger charge is 2.19. The molecule has 4 heteroatoms. The topological polar surface area (TPSA) is 44.4 Å². The van der Waals surface area contributed by atoms with Gasteiger partial charge < -0.3 is 15.5 Å². The van der Waals surface area contributed by atoms with Crippen LogP contribution in [-0.4, -0.2) is 51.1 Å². The molecule has 1 aliphatic rings. The first kappa shape index (κ1) is 11.5. The van der Waals surface area contributed by atoms with Gasteiger partial charge in [0.2, 0.25) is 5.91 Å². The number of amides is 1. The van der Waals surface area contributed by atoms with E-state index in [1.165, 1.54) is 0 Å². The lowest BCUT2D eigenvalue weighted by Crippen LogP contribution is -2.42. The van der Waals surface area contributed by atoms with Crippen LogP contribution in [0.3, 0.4) is 0 Å². The van der Waals surface area contributed by atoms with Gasteiger partial charge in [0.15, 0.2) is 0 Å². The second kappa shape index (κ2) is 5.98. The lowest BCUT2D eigenvalue weighted by atomic mass is 9.99. The summed E-state index contributed by atoms with van der Waals surface area (Å²) in [6.45, 7) is 3.56. The van der Waals surface area contributed by atoms with Gasteiger partial charge in [-0.05, 0) is 33.5 Å². The van der Waals surface area contributed by atoms with Crippen LogP contribution in [0.5, 0.6) is 0 Å². The number of nitrogens with zero attached hydrogens (tertiary/aromatic N) is 1. The SMILES string of the molecule is CN(C)CCNC(=O)[C@H]1CCCNC1. The van der Waals surface area contributed by atoms with Gasteiger partial charge in [0.05, 0.1) is 5.92 Å². The predicted octanol–water partition coefficient (Wildman–Crippen LogP) is -0.336. The molecule has 1 atom stereocenters. The van der Waals surface area contributed by atoms with Crippen molar-refractivity contribution in [3.63, 3.8) is 0 Å². The van der Waals surface area contributed by atoms with Gasteiger partial charge in [0, 0.05) is 19.6 Å². The molecular weight excluding hydrogens is 178 g/mol. The van der Waals surface area contributed by atoms with Crippen LogP contribution in [0.25, 0.3) is 0 Å². The minimum Gasteiger partial charge on any atom is -0.355 e. The molecule has 2 N–H and O–H groups in total. The zero-order chi connectivity index (χ0) is 10.4. The summed E-state index contributed by atoms with van der Waals surface area (Å²) >= 11 is 0. The molecule has 1 fully saturated rings. The molecule has 4 nitrogen and oxygen atoms in total. The van der Waals surface area contributed by atoms with Crippen molar-refractivity contribution in [3.05, 3.63) is 0 Å². The Morgan fingerprint density at radius 2 is 2.36 bits per heavy atom. The number of likely N-dealkylation sites (N-methyl/N-ethyl adjacent to an activating group) is 1. The second-order valence-electron chi connectivity index (χ2n) is 4.14. The maximum Gasteiger partial charge on any atom is 0.224 e. The highest BCUT2D eigenvalue weighted by atomic mass is 16.1. The molecule has 0 radical (unpaired) electrons. The summed E-state index contributed by atoms with van der Waals surface area (Å²) in [5.74, 6) is 0.393. The molecule has 0 bridgehead atoms. The van der Waals surface area contributed by atoms with Crippen molar-refractivity contribution in [2.75, 3.05) is 40.3 Å². The highest BCUT2D eigenvalue weighted by molar-refractivity contribution is 5.78. The number of piperidine rings is 1. The Morgan fingerprint density at radius 1 is 1.57 bits per heavy atom. The van der Waals surface area contributed by atoms with E-state index in [2.05, 4.69) is 15.5 Å². The maximum atomic E-state index is 11.6. The van der Waals surface area contributed by atoms with Crippen LogP contribution in [0.1, 0.15) is 12.8 Å². The first-order valence-corrected chi connectivity index (χ1v) is 5.33. The Balaban J connectivity index is 2.13. The number of carbonyl (C=O) groups is 1. The molecule has 0 aliphatic carbocycles. The first-order chi connectivity index (χ1) is 6.70. The van der Waals surface area contributed by atoms with Crippen LogP contribution >= 0.6 is 0 Å². The molecule has 1 heterocycles. The highest BCUT2D eigenvalue weighted by Crippen LogP contribution is 2.09. The third-order valence-electron chi connectivity index (χ3n) is 2.53. The van der Waals surface area contributed by atoms with Crippen molar-refractivity contribution >= 4 is 5.91 Å². The van der Waals surface area contributed by atoms with Crippen molar-refractivity contribution in [2.45, 2.75) is 12.8 Å². The minimum absolute atomic E-state index is 0.186. The van der Waals surface area contributed by atoms with Crippen LogP contribution in [0.4, 0.5) is 0 Å². The van der Waals surface area contributed by atoms with Crippen LogP contribution in [-0.2, 0) is 4.79 Å². The molecule has 0 aromatic heterocycles. The van der Waals surface area contributed by atoms with E-state index in [9.17, 15) is 4.79 Å². The Bertz CT molecular complexity index is 176. The molecular formula is C10H21N3O. The zero-order valence-electron chi connectivity index (χ0n) is 9.18. The third-order valence-corrected chi connectivity index (χ3v) is 2.53. The van der Waals surface area contributed by atoms with Crippen molar-refractivity contribution < 1.29 is 4.79 Å². The molecule has 1 aliphatic heterocycles. The number of hydrogen-bond acceptors (Lipinski definition) is 3. The molecule has 1 rings (SSSR count). The summed E-state index contributed by atoms with van der Waals surface area (Å²) in [6.07, 6.45) is 2.15. The lowest BCUT2D eigenvalue weighted by Gasteiger charge is -2.22. The molecule has 1 amide bonds. The summed E-state index contributed by atoms with van der Waals surface area (Å²) < 4.78 is 0. The Hall–Kier alpha value is -0.610. The van der Waals surface area contributed by atoms with E-state index in [0.29, 0.717) is 0 Å². The van der Waals surface area contributed by atoms with Crippen molar-refractivity contribution in [1.29, 1.82) is 0 Å². The Morgan fingerprint density at radius 3 is 2.93 bits per heavy atom. The number of rotatable bonds is 4. The van der Waals surface area contributed by atoms with Crippen molar-refractivity contribution in [1.82, 2.24) is 15.5 Å². The second-order valence-corrected chi connectivity index (χ2v) is 4.14. The average Bonchev–Trinajstić information content (AvgIpc) is 2.18. The normalized spacial score (nSPS) is 22.4. The molecule has 0 spiro atoms. The minimum atomic E-state index is 0.186. The lowest BCUT2D eigenvalue weighted by molar-refractivity contribution is -0.125. The molecule has 0 saturated carbocycles. The molecule has 0 unspecified atom stereocenters. The van der Waals surface area contributed by atoms with Gasteiger partial charge in [-0.3, -0.25) is 4.79 Å². The summed E-state index contributed by atoms with van der Waals surface area (Å²) in [7, 11) is 4.02. The summed E-state index contributed by atoms with van der Waals surface area (Å²) in [6, 6.07) is 0. The Labute approximate surface area is 86.0 Å². The van der Waals surface area contributed by atoms with E-state index in [1.54, 1.807) is 0 Å². The van der Waals surface area contributed by atoms with Gasteiger partial charge in [0.1, 0.15) is 0 Å². The van der Waals surface area contributed by atoms with Crippen LogP contribution in [0.15, 0.2) is 0 Å². The molecule has 1 saturated heterocycles. The fraction of sp³-hybridized carbons (Fsp3) is 0.900. The van der Waals surface area contributed by atoms with Gasteiger partial charge in [0.25, 0.3) is 0 Å². The van der Waals surface area contributed by atoms with Gasteiger partial charge in [-0.1, -0.05) is 0 Å². The zero-order valence-corrected chi connectivity index (χ0v) is 9.18. The van der Waals surface area contributed by atoms with Gasteiger partial charge in [-0.2, -0.15) is 0 Å². The fourth-order valence-electron chi connectivity index (χ4n) is 1.62. The molecule has 0 aromatic rings. The van der Waals surface area contributed by atoms with Gasteiger partial charge in [-0.15, -0.1) is 0 Å². The largest absolute Gasteiger partial charge is 0.355 e. The standard InChI is InChI=1S/C10H21N3O/c1-13(2)7-6-12-10(14)9-4-3-5-11-8-9/h9,11H,3-8H2,1-2H3,(H,12,14)/t9-/m0/s1. The average molecular weight is 199 g/mol. The van der Waals surface area contributed by atoms with Crippen LogP contribution in [0, 0.1) is 5.92 Å². The third kappa shape index (κ3) is 4.07. The molecule has 14 heavy (non-hydrogen) atoms. The summed E-state index contributed by atoms with van der Waals surface area (Å²) in [5, 5.41) is 6.21. The summed E-state index contributed by atoms with van der Waals surface area (Å²) in [4.78, 5) is 13.7. The van der Waals surface area contributed by atoms with E-state index >= 15 is 0 Å². The predicted molar refractivity (Wildman–Crippen MR) is 57.2 cm³/mol. The number of carbonyl (C=O) groups excluding carboxylic acids is 1. The van der Waals surface area contributed by atoms with Gasteiger partial charge in [-0.25, -0.2) is 0 Å². The summed E-state index contributed by atoms with van der Waals surface area (Å²) in [5.41, 5.74) is 0. The van der Waals surface area contributed by atoms with E-state index in [-0.39, 0.29) is 11.8 Å². The van der Waals surface area contributed by atoms with E-state index in [0.717, 1.165) is 39.0 Å². The van der Waals surface area contributed by atoms with Crippen molar-refractivity contribution in [3.8, 4) is 0 Å². The molecule has 82 valence electrons. The smallest absolute Gasteiger partial charge is 0.224 e. The van der Waals surface area contributed by atoms with Crippen LogP contribution < -0.4 is 10.6 Å². The van der Waals surface area contributed by atoms with E-state index in [4.69, 9.17) is 0 Å².